The Hall–Kier alpha value is -1.55. The maximum absolute atomic E-state index is 12.2. The average Bonchev–Trinajstić information content (AvgIpc) is 2.47. The van der Waals surface area contributed by atoms with Gasteiger partial charge in [0.15, 0.2) is 0 Å². The number of hydrogen-bond acceptors (Lipinski definition) is 2. The molecule has 0 saturated carbocycles. The second-order valence-corrected chi connectivity index (χ2v) is 4.91. The van der Waals surface area contributed by atoms with Gasteiger partial charge in [0.1, 0.15) is 0 Å². The summed E-state index contributed by atoms with van der Waals surface area (Å²) in [4.78, 5) is 14.0. The van der Waals surface area contributed by atoms with Crippen LogP contribution in [0.25, 0.3) is 0 Å². The molecular weight excluding hydrogens is 238 g/mol. The van der Waals surface area contributed by atoms with Crippen LogP contribution in [0.2, 0.25) is 0 Å². The van der Waals surface area contributed by atoms with E-state index < -0.39 is 0 Å². The molecule has 1 fully saturated rings. The van der Waals surface area contributed by atoms with Gasteiger partial charge in [0.05, 0.1) is 0 Å². The number of aryl methyl sites for hydroxylation is 2. The highest BCUT2D eigenvalue weighted by Crippen LogP contribution is 2.17. The Labute approximate surface area is 115 Å². The molecule has 0 unspecified atom stereocenters. The maximum atomic E-state index is 12.2. The van der Waals surface area contributed by atoms with Gasteiger partial charge in [0.25, 0.3) is 0 Å². The van der Waals surface area contributed by atoms with E-state index in [9.17, 15) is 4.79 Å². The SMILES string of the molecule is CCc1cc(CC)cc(NC(=O)N2CCNCC2)c1. The number of rotatable bonds is 3. The maximum Gasteiger partial charge on any atom is 0.321 e. The van der Waals surface area contributed by atoms with Crippen molar-refractivity contribution in [2.75, 3.05) is 31.5 Å². The number of carbonyl (C=O) groups excluding carboxylic acids is 1. The van der Waals surface area contributed by atoms with Crippen LogP contribution >= 0.6 is 0 Å². The molecule has 1 aliphatic heterocycles. The van der Waals surface area contributed by atoms with Gasteiger partial charge in [-0.3, -0.25) is 0 Å². The van der Waals surface area contributed by atoms with Crippen LogP contribution in [0.1, 0.15) is 25.0 Å². The molecule has 104 valence electrons. The number of anilines is 1. The van der Waals surface area contributed by atoms with Crippen molar-refractivity contribution in [2.45, 2.75) is 26.7 Å². The van der Waals surface area contributed by atoms with Gasteiger partial charge in [0, 0.05) is 31.9 Å². The van der Waals surface area contributed by atoms with Gasteiger partial charge in [-0.25, -0.2) is 4.79 Å². The molecular formula is C15H23N3O. The van der Waals surface area contributed by atoms with E-state index in [1.54, 1.807) is 0 Å². The summed E-state index contributed by atoms with van der Waals surface area (Å²) in [6.07, 6.45) is 1.98. The Morgan fingerprint density at radius 1 is 1.16 bits per heavy atom. The third-order valence-electron chi connectivity index (χ3n) is 3.52. The van der Waals surface area contributed by atoms with Crippen molar-refractivity contribution >= 4 is 11.7 Å². The van der Waals surface area contributed by atoms with E-state index in [-0.39, 0.29) is 6.03 Å². The monoisotopic (exact) mass is 261 g/mol. The van der Waals surface area contributed by atoms with E-state index in [4.69, 9.17) is 0 Å². The summed E-state index contributed by atoms with van der Waals surface area (Å²) in [5, 5.41) is 6.27. The quantitative estimate of drug-likeness (QED) is 0.876. The first-order valence-corrected chi connectivity index (χ1v) is 7.12. The van der Waals surface area contributed by atoms with Crippen LogP contribution in [0.4, 0.5) is 10.5 Å². The fourth-order valence-electron chi connectivity index (χ4n) is 2.31. The molecule has 4 heteroatoms. The first-order valence-electron chi connectivity index (χ1n) is 7.12. The summed E-state index contributed by atoms with van der Waals surface area (Å²) >= 11 is 0. The minimum Gasteiger partial charge on any atom is -0.322 e. The van der Waals surface area contributed by atoms with Crippen molar-refractivity contribution in [3.63, 3.8) is 0 Å². The molecule has 4 nitrogen and oxygen atoms in total. The molecule has 0 bridgehead atoms. The van der Waals surface area contributed by atoms with Crippen LogP contribution in [-0.2, 0) is 12.8 Å². The second-order valence-electron chi connectivity index (χ2n) is 4.91. The van der Waals surface area contributed by atoms with E-state index >= 15 is 0 Å². The third-order valence-corrected chi connectivity index (χ3v) is 3.52. The summed E-state index contributed by atoms with van der Waals surface area (Å²) in [5.41, 5.74) is 3.46. The Balaban J connectivity index is 2.06. The summed E-state index contributed by atoms with van der Waals surface area (Å²) in [5.74, 6) is 0. The highest BCUT2D eigenvalue weighted by molar-refractivity contribution is 5.89. The molecule has 1 aromatic rings. The topological polar surface area (TPSA) is 44.4 Å². The zero-order valence-electron chi connectivity index (χ0n) is 11.8. The standard InChI is InChI=1S/C15H23N3O/c1-3-12-9-13(4-2)11-14(10-12)17-15(19)18-7-5-16-6-8-18/h9-11,16H,3-8H2,1-2H3,(H,17,19). The van der Waals surface area contributed by atoms with Crippen molar-refractivity contribution in [3.05, 3.63) is 29.3 Å². The van der Waals surface area contributed by atoms with Gasteiger partial charge >= 0.3 is 6.03 Å². The minimum absolute atomic E-state index is 0.0109. The lowest BCUT2D eigenvalue weighted by Crippen LogP contribution is -2.48. The lowest BCUT2D eigenvalue weighted by atomic mass is 10.1. The van der Waals surface area contributed by atoms with E-state index in [0.717, 1.165) is 44.7 Å². The fourth-order valence-corrected chi connectivity index (χ4v) is 2.31. The van der Waals surface area contributed by atoms with Crippen molar-refractivity contribution in [3.8, 4) is 0 Å². The smallest absolute Gasteiger partial charge is 0.321 e. The summed E-state index contributed by atoms with van der Waals surface area (Å²) in [7, 11) is 0. The molecule has 0 atom stereocenters. The van der Waals surface area contributed by atoms with Crippen LogP contribution < -0.4 is 10.6 Å². The van der Waals surface area contributed by atoms with Crippen LogP contribution in [0.15, 0.2) is 18.2 Å². The Morgan fingerprint density at radius 3 is 2.26 bits per heavy atom. The highest BCUT2D eigenvalue weighted by Gasteiger charge is 2.16. The van der Waals surface area contributed by atoms with Crippen molar-refractivity contribution in [2.24, 2.45) is 0 Å². The number of nitrogens with zero attached hydrogens (tertiary/aromatic N) is 1. The van der Waals surface area contributed by atoms with E-state index in [0.29, 0.717) is 0 Å². The normalized spacial score (nSPS) is 15.4. The van der Waals surface area contributed by atoms with Gasteiger partial charge < -0.3 is 15.5 Å². The van der Waals surface area contributed by atoms with Gasteiger partial charge in [-0.2, -0.15) is 0 Å². The van der Waals surface area contributed by atoms with Crippen LogP contribution in [0, 0.1) is 0 Å². The van der Waals surface area contributed by atoms with E-state index in [2.05, 4.69) is 42.7 Å². The number of hydrogen-bond donors (Lipinski definition) is 2. The summed E-state index contributed by atoms with van der Waals surface area (Å²) in [6, 6.07) is 6.36. The Morgan fingerprint density at radius 2 is 1.74 bits per heavy atom. The first kappa shape index (κ1) is 13.9. The minimum atomic E-state index is 0.0109. The first-order chi connectivity index (χ1) is 9.22. The lowest BCUT2D eigenvalue weighted by Gasteiger charge is -2.27. The Bertz CT molecular complexity index is 417. The number of urea groups is 1. The average molecular weight is 261 g/mol. The van der Waals surface area contributed by atoms with Gasteiger partial charge in [-0.15, -0.1) is 0 Å². The number of benzene rings is 1. The molecule has 0 spiro atoms. The van der Waals surface area contributed by atoms with Crippen LogP contribution in [0.5, 0.6) is 0 Å². The van der Waals surface area contributed by atoms with Gasteiger partial charge in [0.2, 0.25) is 0 Å². The molecule has 2 amide bonds. The van der Waals surface area contributed by atoms with Crippen molar-refractivity contribution in [1.29, 1.82) is 0 Å². The second kappa shape index (κ2) is 6.57. The fraction of sp³-hybridized carbons (Fsp3) is 0.533. The van der Waals surface area contributed by atoms with Gasteiger partial charge in [-0.05, 0) is 36.1 Å². The third kappa shape index (κ3) is 3.70. The number of amides is 2. The molecule has 1 saturated heterocycles. The zero-order chi connectivity index (χ0) is 13.7. The predicted molar refractivity (Wildman–Crippen MR) is 78.7 cm³/mol. The number of carbonyl (C=O) groups is 1. The van der Waals surface area contributed by atoms with E-state index in [1.165, 1.54) is 11.1 Å². The van der Waals surface area contributed by atoms with Crippen molar-refractivity contribution in [1.82, 2.24) is 10.2 Å². The lowest BCUT2D eigenvalue weighted by molar-refractivity contribution is 0.204. The summed E-state index contributed by atoms with van der Waals surface area (Å²) in [6.45, 7) is 7.58. The molecule has 19 heavy (non-hydrogen) atoms. The molecule has 1 aliphatic rings. The largest absolute Gasteiger partial charge is 0.322 e. The van der Waals surface area contributed by atoms with E-state index in [1.807, 2.05) is 4.90 Å². The summed E-state index contributed by atoms with van der Waals surface area (Å²) < 4.78 is 0. The molecule has 1 aromatic carbocycles. The predicted octanol–water partition coefficient (Wildman–Crippen LogP) is 2.25. The molecule has 2 rings (SSSR count). The zero-order valence-corrected chi connectivity index (χ0v) is 11.8. The van der Waals surface area contributed by atoms with Crippen LogP contribution in [-0.4, -0.2) is 37.1 Å². The van der Waals surface area contributed by atoms with Crippen molar-refractivity contribution < 1.29 is 4.79 Å². The molecule has 0 aromatic heterocycles. The molecule has 0 radical (unpaired) electrons. The highest BCUT2D eigenvalue weighted by atomic mass is 16.2. The molecule has 2 N–H and O–H groups in total. The number of nitrogens with one attached hydrogen (secondary N) is 2. The van der Waals surface area contributed by atoms with Crippen LogP contribution in [0.3, 0.4) is 0 Å². The number of piperazine rings is 1. The Kier molecular flexibility index (Phi) is 4.80. The molecule has 0 aliphatic carbocycles. The molecule has 1 heterocycles. The van der Waals surface area contributed by atoms with Gasteiger partial charge in [-0.1, -0.05) is 19.9 Å².